The second kappa shape index (κ2) is 11.5. The number of hydrogen-bond acceptors (Lipinski definition) is 5. The molecule has 0 atom stereocenters. The van der Waals surface area contributed by atoms with E-state index in [1.807, 2.05) is 25.1 Å². The fraction of sp³-hybridized carbons (Fsp3) is 0.115. The Morgan fingerprint density at radius 1 is 1.06 bits per heavy atom. The number of rotatable bonds is 8. The second-order valence-electron chi connectivity index (χ2n) is 7.19. The van der Waals surface area contributed by atoms with Crippen LogP contribution in [0.5, 0.6) is 11.5 Å². The highest BCUT2D eigenvalue weighted by molar-refractivity contribution is 6.32. The summed E-state index contributed by atoms with van der Waals surface area (Å²) in [5, 5.41) is 15.1. The number of halogens is 1. The minimum atomic E-state index is -0.525. The Hall–Kier alpha value is -4.28. The van der Waals surface area contributed by atoms with Crippen molar-refractivity contribution in [1.29, 1.82) is 5.26 Å². The Morgan fingerprint density at radius 2 is 1.79 bits per heavy atom. The first-order chi connectivity index (χ1) is 16.4. The SMILES string of the molecule is COc1ccc(NC(=O)COc2ccc(/C=C(/C#N)C(=O)Nc3ccccc3C)cc2Cl)cc1. The number of hydrogen-bond donors (Lipinski definition) is 2. The molecule has 3 aromatic rings. The van der Waals surface area contributed by atoms with Crippen molar-refractivity contribution in [2.75, 3.05) is 24.4 Å². The van der Waals surface area contributed by atoms with Crippen LogP contribution in [0.2, 0.25) is 5.02 Å². The van der Waals surface area contributed by atoms with E-state index in [-0.39, 0.29) is 23.1 Å². The molecule has 3 aromatic carbocycles. The number of nitrogens with one attached hydrogen (secondary N) is 2. The quantitative estimate of drug-likeness (QED) is 0.343. The van der Waals surface area contributed by atoms with Gasteiger partial charge in [-0.05, 0) is 66.6 Å². The molecule has 0 aliphatic carbocycles. The van der Waals surface area contributed by atoms with Gasteiger partial charge in [-0.2, -0.15) is 5.26 Å². The van der Waals surface area contributed by atoms with E-state index in [0.717, 1.165) is 5.56 Å². The number of para-hydroxylation sites is 1. The van der Waals surface area contributed by atoms with Crippen molar-refractivity contribution in [1.82, 2.24) is 0 Å². The number of anilines is 2. The van der Waals surface area contributed by atoms with Gasteiger partial charge in [0.2, 0.25) is 0 Å². The second-order valence-corrected chi connectivity index (χ2v) is 7.60. The van der Waals surface area contributed by atoms with Crippen LogP contribution in [-0.4, -0.2) is 25.5 Å². The van der Waals surface area contributed by atoms with Gasteiger partial charge in [0.25, 0.3) is 11.8 Å². The fourth-order valence-corrected chi connectivity index (χ4v) is 3.20. The molecular formula is C26H22ClN3O4. The number of amides is 2. The highest BCUT2D eigenvalue weighted by Crippen LogP contribution is 2.27. The van der Waals surface area contributed by atoms with Crippen LogP contribution in [0, 0.1) is 18.3 Å². The lowest BCUT2D eigenvalue weighted by atomic mass is 10.1. The zero-order valence-electron chi connectivity index (χ0n) is 18.6. The molecule has 0 radical (unpaired) electrons. The molecule has 0 spiro atoms. The molecule has 2 N–H and O–H groups in total. The molecule has 7 nitrogen and oxygen atoms in total. The van der Waals surface area contributed by atoms with E-state index in [1.54, 1.807) is 61.7 Å². The first-order valence-corrected chi connectivity index (χ1v) is 10.6. The van der Waals surface area contributed by atoms with Crippen LogP contribution in [-0.2, 0) is 9.59 Å². The number of ether oxygens (including phenoxy) is 2. The highest BCUT2D eigenvalue weighted by Gasteiger charge is 2.12. The average Bonchev–Trinajstić information content (AvgIpc) is 2.83. The Labute approximate surface area is 202 Å². The van der Waals surface area contributed by atoms with Gasteiger partial charge in [-0.1, -0.05) is 35.9 Å². The molecule has 172 valence electrons. The van der Waals surface area contributed by atoms with E-state index >= 15 is 0 Å². The van der Waals surface area contributed by atoms with Gasteiger partial charge in [-0.15, -0.1) is 0 Å². The van der Waals surface area contributed by atoms with Crippen molar-refractivity contribution in [3.8, 4) is 17.6 Å². The largest absolute Gasteiger partial charge is 0.497 e. The van der Waals surface area contributed by atoms with Crippen molar-refractivity contribution >= 4 is 40.9 Å². The van der Waals surface area contributed by atoms with Gasteiger partial charge in [0, 0.05) is 11.4 Å². The maximum Gasteiger partial charge on any atom is 0.266 e. The molecule has 0 saturated carbocycles. The Morgan fingerprint density at radius 3 is 2.44 bits per heavy atom. The predicted molar refractivity (Wildman–Crippen MR) is 132 cm³/mol. The van der Waals surface area contributed by atoms with Gasteiger partial charge in [0.1, 0.15) is 23.1 Å². The lowest BCUT2D eigenvalue weighted by Gasteiger charge is -2.10. The normalized spacial score (nSPS) is 10.7. The summed E-state index contributed by atoms with van der Waals surface area (Å²) >= 11 is 6.28. The highest BCUT2D eigenvalue weighted by atomic mass is 35.5. The third-order valence-corrected chi connectivity index (χ3v) is 5.05. The molecule has 0 fully saturated rings. The van der Waals surface area contributed by atoms with Gasteiger partial charge in [-0.25, -0.2) is 0 Å². The molecule has 0 aromatic heterocycles. The molecular weight excluding hydrogens is 454 g/mol. The van der Waals surface area contributed by atoms with E-state index in [1.165, 1.54) is 6.08 Å². The maximum absolute atomic E-state index is 12.5. The number of nitrogens with zero attached hydrogens (tertiary/aromatic N) is 1. The number of carbonyl (C=O) groups is 2. The average molecular weight is 476 g/mol. The zero-order chi connectivity index (χ0) is 24.5. The Bertz CT molecular complexity index is 1260. The molecule has 0 unspecified atom stereocenters. The first-order valence-electron chi connectivity index (χ1n) is 10.2. The molecule has 3 rings (SSSR count). The van der Waals surface area contributed by atoms with E-state index in [4.69, 9.17) is 21.1 Å². The smallest absolute Gasteiger partial charge is 0.266 e. The van der Waals surface area contributed by atoms with Crippen molar-refractivity contribution in [3.05, 3.63) is 88.5 Å². The van der Waals surface area contributed by atoms with Crippen LogP contribution in [0.4, 0.5) is 11.4 Å². The Balaban J connectivity index is 1.62. The van der Waals surface area contributed by atoms with E-state index < -0.39 is 5.91 Å². The summed E-state index contributed by atoms with van der Waals surface area (Å²) in [6.07, 6.45) is 1.43. The molecule has 0 saturated heterocycles. The molecule has 0 aliphatic rings. The maximum atomic E-state index is 12.5. The van der Waals surface area contributed by atoms with Gasteiger partial charge in [0.15, 0.2) is 6.61 Å². The molecule has 2 amide bonds. The minimum absolute atomic E-state index is 0.0770. The van der Waals surface area contributed by atoms with E-state index in [9.17, 15) is 14.9 Å². The van der Waals surface area contributed by atoms with Crippen molar-refractivity contribution in [2.24, 2.45) is 0 Å². The summed E-state index contributed by atoms with van der Waals surface area (Å²) in [5.41, 5.74) is 2.58. The van der Waals surface area contributed by atoms with Gasteiger partial charge < -0.3 is 20.1 Å². The van der Waals surface area contributed by atoms with Crippen LogP contribution in [0.25, 0.3) is 6.08 Å². The third kappa shape index (κ3) is 6.61. The molecule has 0 heterocycles. The number of aryl methyl sites for hydroxylation is 1. The molecule has 0 bridgehead atoms. The predicted octanol–water partition coefficient (Wildman–Crippen LogP) is 5.22. The van der Waals surface area contributed by atoms with Gasteiger partial charge in [-0.3, -0.25) is 9.59 Å². The van der Waals surface area contributed by atoms with Crippen molar-refractivity contribution < 1.29 is 19.1 Å². The number of benzene rings is 3. The van der Waals surface area contributed by atoms with Gasteiger partial charge >= 0.3 is 0 Å². The summed E-state index contributed by atoms with van der Waals surface area (Å²) in [5.74, 6) is 0.0993. The van der Waals surface area contributed by atoms with Crippen molar-refractivity contribution in [3.63, 3.8) is 0 Å². The van der Waals surface area contributed by atoms with E-state index in [0.29, 0.717) is 28.4 Å². The van der Waals surface area contributed by atoms with Gasteiger partial charge in [0.05, 0.1) is 12.1 Å². The third-order valence-electron chi connectivity index (χ3n) is 4.76. The van der Waals surface area contributed by atoms with Crippen LogP contribution in [0.15, 0.2) is 72.3 Å². The minimum Gasteiger partial charge on any atom is -0.497 e. The number of nitriles is 1. The summed E-state index contributed by atoms with van der Waals surface area (Å²) in [6.45, 7) is 1.62. The standard InChI is InChI=1S/C26H22ClN3O4/c1-17-5-3-4-6-23(17)30-26(32)19(15-28)13-18-7-12-24(22(27)14-18)34-16-25(31)29-20-8-10-21(33-2)11-9-20/h3-14H,16H2,1-2H3,(H,29,31)(H,30,32)/b19-13-. The first kappa shape index (κ1) is 24.4. The van der Waals surface area contributed by atoms with Crippen molar-refractivity contribution in [2.45, 2.75) is 6.92 Å². The van der Waals surface area contributed by atoms with Crippen LogP contribution >= 0.6 is 11.6 Å². The number of carbonyl (C=O) groups excluding carboxylic acids is 2. The lowest BCUT2D eigenvalue weighted by molar-refractivity contribution is -0.118. The lowest BCUT2D eigenvalue weighted by Crippen LogP contribution is -2.20. The van der Waals surface area contributed by atoms with Crippen LogP contribution < -0.4 is 20.1 Å². The molecule has 0 aliphatic heterocycles. The fourth-order valence-electron chi connectivity index (χ4n) is 2.96. The summed E-state index contributed by atoms with van der Waals surface area (Å²) < 4.78 is 10.6. The van der Waals surface area contributed by atoms with Crippen LogP contribution in [0.1, 0.15) is 11.1 Å². The van der Waals surface area contributed by atoms with Crippen LogP contribution in [0.3, 0.4) is 0 Å². The van der Waals surface area contributed by atoms with E-state index in [2.05, 4.69) is 10.6 Å². The summed E-state index contributed by atoms with van der Waals surface area (Å²) in [7, 11) is 1.56. The zero-order valence-corrected chi connectivity index (χ0v) is 19.3. The molecule has 34 heavy (non-hydrogen) atoms. The summed E-state index contributed by atoms with van der Waals surface area (Å²) in [4.78, 5) is 24.7. The Kier molecular flexibility index (Phi) is 8.27. The summed E-state index contributed by atoms with van der Waals surface area (Å²) in [6, 6.07) is 20.9. The number of methoxy groups -OCH3 is 1. The monoisotopic (exact) mass is 475 g/mol. The topological polar surface area (TPSA) is 100 Å². The molecule has 8 heteroatoms.